The molecule has 1 heteroatoms. The van der Waals surface area contributed by atoms with Crippen molar-refractivity contribution in [1.82, 2.24) is 0 Å². The zero-order valence-corrected chi connectivity index (χ0v) is 6.75. The van der Waals surface area contributed by atoms with E-state index in [-0.39, 0.29) is 0 Å². The van der Waals surface area contributed by atoms with Crippen molar-refractivity contribution >= 4 is 6.08 Å². The molecule has 0 atom stereocenters. The van der Waals surface area contributed by atoms with Crippen LogP contribution in [0.4, 0.5) is 0 Å². The number of hydrogen-bond acceptors (Lipinski definition) is 1. The lowest BCUT2D eigenvalue weighted by molar-refractivity contribution is 1.11. The number of rotatable bonds is 1. The fraction of sp³-hybridized carbons (Fsp3) is 0.182. The van der Waals surface area contributed by atoms with Crippen LogP contribution in [-0.2, 0) is 6.42 Å². The monoisotopic (exact) mass is 155 g/mol. The minimum absolute atomic E-state index is 0.564. The predicted molar refractivity (Wildman–Crippen MR) is 48.4 cm³/mol. The lowest BCUT2D eigenvalue weighted by Gasteiger charge is -1.94. The van der Waals surface area contributed by atoms with Crippen LogP contribution in [0.25, 0.3) is 6.08 Å². The van der Waals surface area contributed by atoms with E-state index >= 15 is 0 Å². The number of nitrogens with zero attached hydrogens (tertiary/aromatic N) is 1. The molecule has 1 nitrogen and oxygen atoms in total. The number of fused-ring (bicyclic) bond motifs is 1. The second-order valence-electron chi connectivity index (χ2n) is 3.01. The van der Waals surface area contributed by atoms with Crippen LogP contribution in [0.3, 0.4) is 0 Å². The van der Waals surface area contributed by atoms with E-state index in [1.807, 2.05) is 12.1 Å². The van der Waals surface area contributed by atoms with Gasteiger partial charge in [0, 0.05) is 0 Å². The molecule has 0 amide bonds. The van der Waals surface area contributed by atoms with E-state index in [4.69, 9.17) is 5.26 Å². The Labute approximate surface area is 72.0 Å². The zero-order valence-electron chi connectivity index (χ0n) is 6.75. The molecule has 0 saturated carbocycles. The molecular weight excluding hydrogens is 146 g/mol. The van der Waals surface area contributed by atoms with Gasteiger partial charge >= 0.3 is 0 Å². The Hall–Kier alpha value is -1.55. The molecule has 58 valence electrons. The van der Waals surface area contributed by atoms with E-state index in [9.17, 15) is 0 Å². The molecule has 12 heavy (non-hydrogen) atoms. The molecule has 0 aromatic heterocycles. The third-order valence-corrected chi connectivity index (χ3v) is 2.14. The minimum Gasteiger partial charge on any atom is -0.198 e. The van der Waals surface area contributed by atoms with Crippen LogP contribution < -0.4 is 0 Å². The molecule has 0 aliphatic heterocycles. The maximum Gasteiger partial charge on any atom is 0.0666 e. The number of benzene rings is 1. The molecule has 0 radical (unpaired) electrons. The van der Waals surface area contributed by atoms with Gasteiger partial charge in [0.1, 0.15) is 0 Å². The van der Waals surface area contributed by atoms with Gasteiger partial charge < -0.3 is 0 Å². The van der Waals surface area contributed by atoms with Gasteiger partial charge in [0.25, 0.3) is 0 Å². The number of nitriles is 1. The summed E-state index contributed by atoms with van der Waals surface area (Å²) in [6.45, 7) is 0. The molecule has 0 heterocycles. The van der Waals surface area contributed by atoms with Crippen molar-refractivity contribution in [2.75, 3.05) is 0 Å². The molecule has 0 unspecified atom stereocenters. The Morgan fingerprint density at radius 3 is 2.92 bits per heavy atom. The molecule has 0 bridgehead atoms. The van der Waals surface area contributed by atoms with Crippen molar-refractivity contribution in [2.24, 2.45) is 0 Å². The predicted octanol–water partition coefficient (Wildman–Crippen LogP) is 2.54. The van der Waals surface area contributed by atoms with Crippen molar-refractivity contribution in [3.05, 3.63) is 41.0 Å². The highest BCUT2D eigenvalue weighted by molar-refractivity contribution is 5.63. The van der Waals surface area contributed by atoms with E-state index in [1.54, 1.807) is 0 Å². The van der Waals surface area contributed by atoms with E-state index in [0.717, 1.165) is 6.42 Å². The summed E-state index contributed by atoms with van der Waals surface area (Å²) in [6.07, 6.45) is 3.65. The fourth-order valence-corrected chi connectivity index (χ4v) is 1.57. The SMILES string of the molecule is N#CCC1=Cc2ccccc2C1. The smallest absolute Gasteiger partial charge is 0.0666 e. The highest BCUT2D eigenvalue weighted by Crippen LogP contribution is 2.25. The third-order valence-electron chi connectivity index (χ3n) is 2.14. The molecule has 2 rings (SSSR count). The van der Waals surface area contributed by atoms with Gasteiger partial charge in [-0.25, -0.2) is 0 Å². The summed E-state index contributed by atoms with van der Waals surface area (Å²) in [4.78, 5) is 0. The maximum absolute atomic E-state index is 8.51. The summed E-state index contributed by atoms with van der Waals surface area (Å²) < 4.78 is 0. The van der Waals surface area contributed by atoms with Gasteiger partial charge in [-0.2, -0.15) is 5.26 Å². The molecule has 1 aliphatic carbocycles. The van der Waals surface area contributed by atoms with Gasteiger partial charge in [0.15, 0.2) is 0 Å². The van der Waals surface area contributed by atoms with Crippen molar-refractivity contribution in [2.45, 2.75) is 12.8 Å². The maximum atomic E-state index is 8.51. The second-order valence-corrected chi connectivity index (χ2v) is 3.01. The molecule has 0 fully saturated rings. The average molecular weight is 155 g/mol. The first-order chi connectivity index (χ1) is 5.90. The molecule has 0 spiro atoms. The second kappa shape index (κ2) is 2.83. The van der Waals surface area contributed by atoms with Crippen LogP contribution in [0.2, 0.25) is 0 Å². The Morgan fingerprint density at radius 1 is 1.33 bits per heavy atom. The molecule has 1 aliphatic rings. The first-order valence-electron chi connectivity index (χ1n) is 4.04. The summed E-state index contributed by atoms with van der Waals surface area (Å²) in [5.41, 5.74) is 3.86. The third kappa shape index (κ3) is 1.12. The molecule has 1 aromatic rings. The summed E-state index contributed by atoms with van der Waals surface area (Å²) >= 11 is 0. The van der Waals surface area contributed by atoms with E-state index in [1.165, 1.54) is 16.7 Å². The van der Waals surface area contributed by atoms with Crippen molar-refractivity contribution in [1.29, 1.82) is 5.26 Å². The zero-order chi connectivity index (χ0) is 8.39. The van der Waals surface area contributed by atoms with Gasteiger partial charge in [0.05, 0.1) is 12.5 Å². The van der Waals surface area contributed by atoms with E-state index in [2.05, 4.69) is 24.3 Å². The topological polar surface area (TPSA) is 23.8 Å². The largest absolute Gasteiger partial charge is 0.198 e. The first-order valence-corrected chi connectivity index (χ1v) is 4.04. The highest BCUT2D eigenvalue weighted by atomic mass is 14.2. The van der Waals surface area contributed by atoms with Crippen molar-refractivity contribution < 1.29 is 0 Å². The van der Waals surface area contributed by atoms with Gasteiger partial charge in [0.2, 0.25) is 0 Å². The lowest BCUT2D eigenvalue weighted by atomic mass is 10.1. The lowest BCUT2D eigenvalue weighted by Crippen LogP contribution is -1.82. The molecule has 0 saturated heterocycles. The molecule has 0 N–H and O–H groups in total. The summed E-state index contributed by atoms with van der Waals surface area (Å²) in [5.74, 6) is 0. The van der Waals surface area contributed by atoms with Gasteiger partial charge in [-0.1, -0.05) is 35.9 Å². The Morgan fingerprint density at radius 2 is 2.17 bits per heavy atom. The van der Waals surface area contributed by atoms with Crippen molar-refractivity contribution in [3.8, 4) is 6.07 Å². The summed E-state index contributed by atoms with van der Waals surface area (Å²) in [7, 11) is 0. The van der Waals surface area contributed by atoms with Crippen LogP contribution in [0.15, 0.2) is 29.8 Å². The standard InChI is InChI=1S/C11H9N/c12-6-5-9-7-10-3-1-2-4-11(10)8-9/h1-4,7H,5,8H2. The normalized spacial score (nSPS) is 13.4. The van der Waals surface area contributed by atoms with Gasteiger partial charge in [-0.05, 0) is 17.5 Å². The van der Waals surface area contributed by atoms with Crippen LogP contribution in [0, 0.1) is 11.3 Å². The van der Waals surface area contributed by atoms with E-state index < -0.39 is 0 Å². The van der Waals surface area contributed by atoms with E-state index in [0.29, 0.717) is 6.42 Å². The Balaban J connectivity index is 2.30. The van der Waals surface area contributed by atoms with Crippen LogP contribution in [0.5, 0.6) is 0 Å². The fourth-order valence-electron chi connectivity index (χ4n) is 1.57. The quantitative estimate of drug-likeness (QED) is 0.611. The summed E-state index contributed by atoms with van der Waals surface area (Å²) in [6, 6.07) is 10.5. The van der Waals surface area contributed by atoms with Crippen LogP contribution in [-0.4, -0.2) is 0 Å². The number of hydrogen-bond donors (Lipinski definition) is 0. The number of allylic oxidation sites excluding steroid dienone is 1. The molecular formula is C11H9N. The van der Waals surface area contributed by atoms with Crippen molar-refractivity contribution in [3.63, 3.8) is 0 Å². The Bertz CT molecular complexity index is 369. The van der Waals surface area contributed by atoms with Gasteiger partial charge in [-0.15, -0.1) is 0 Å². The van der Waals surface area contributed by atoms with Gasteiger partial charge in [-0.3, -0.25) is 0 Å². The highest BCUT2D eigenvalue weighted by Gasteiger charge is 2.10. The first kappa shape index (κ1) is 7.12. The van der Waals surface area contributed by atoms with Crippen LogP contribution >= 0.6 is 0 Å². The minimum atomic E-state index is 0.564. The average Bonchev–Trinajstić information content (AvgIpc) is 2.47. The summed E-state index contributed by atoms with van der Waals surface area (Å²) in [5, 5.41) is 8.51. The Kier molecular flexibility index (Phi) is 1.68. The van der Waals surface area contributed by atoms with Crippen LogP contribution in [0.1, 0.15) is 17.5 Å². The molecule has 1 aromatic carbocycles.